The monoisotopic (exact) mass is 348 g/mol. The minimum Gasteiger partial charge on any atom is -0.355 e. The van der Waals surface area contributed by atoms with Gasteiger partial charge in [-0.25, -0.2) is 0 Å². The second kappa shape index (κ2) is 7.05. The fourth-order valence-electron chi connectivity index (χ4n) is 4.47. The molecular formula is C20H29ClN2O. The van der Waals surface area contributed by atoms with Crippen molar-refractivity contribution in [3.8, 4) is 0 Å². The number of amides is 1. The normalized spacial score (nSPS) is 30.0. The Labute approximate surface area is 150 Å². The number of nitrogens with one attached hydrogen (secondary N) is 1. The topological polar surface area (TPSA) is 55.1 Å². The summed E-state index contributed by atoms with van der Waals surface area (Å²) in [5, 5.41) is 3.93. The number of fused-ring (bicyclic) bond motifs is 2. The summed E-state index contributed by atoms with van der Waals surface area (Å²) in [6.45, 7) is 4.92. The molecule has 132 valence electrons. The summed E-state index contributed by atoms with van der Waals surface area (Å²) in [5.74, 6) is 1.41. The Morgan fingerprint density at radius 3 is 2.58 bits per heavy atom. The van der Waals surface area contributed by atoms with Crippen LogP contribution in [-0.2, 0) is 10.2 Å². The van der Waals surface area contributed by atoms with Gasteiger partial charge in [0.2, 0.25) is 5.91 Å². The zero-order valence-electron chi connectivity index (χ0n) is 14.7. The van der Waals surface area contributed by atoms with Crippen LogP contribution in [0, 0.1) is 17.8 Å². The first-order valence-corrected chi connectivity index (χ1v) is 9.54. The molecule has 1 amide bonds. The third-order valence-electron chi connectivity index (χ3n) is 6.09. The number of halogens is 1. The summed E-state index contributed by atoms with van der Waals surface area (Å²) in [4.78, 5) is 12.7. The van der Waals surface area contributed by atoms with Gasteiger partial charge in [0.15, 0.2) is 0 Å². The highest BCUT2D eigenvalue weighted by Gasteiger charge is 2.40. The maximum atomic E-state index is 12.7. The summed E-state index contributed by atoms with van der Waals surface area (Å²) in [7, 11) is 0. The van der Waals surface area contributed by atoms with Crippen LogP contribution in [0.5, 0.6) is 0 Å². The van der Waals surface area contributed by atoms with Crippen LogP contribution in [0.3, 0.4) is 0 Å². The lowest BCUT2D eigenvalue weighted by atomic mass is 9.65. The van der Waals surface area contributed by atoms with Gasteiger partial charge in [0.05, 0.1) is 0 Å². The van der Waals surface area contributed by atoms with E-state index in [1.54, 1.807) is 0 Å². The lowest BCUT2D eigenvalue weighted by Crippen LogP contribution is -2.50. The predicted octanol–water partition coefficient (Wildman–Crippen LogP) is 3.89. The molecule has 2 fully saturated rings. The lowest BCUT2D eigenvalue weighted by molar-refractivity contribution is -0.128. The molecule has 2 unspecified atom stereocenters. The zero-order valence-corrected chi connectivity index (χ0v) is 15.5. The molecule has 2 bridgehead atoms. The summed E-state index contributed by atoms with van der Waals surface area (Å²) in [6, 6.07) is 8.21. The maximum absolute atomic E-state index is 12.7. The molecule has 0 aliphatic heterocycles. The van der Waals surface area contributed by atoms with Crippen LogP contribution in [0.1, 0.15) is 51.5 Å². The van der Waals surface area contributed by atoms with Gasteiger partial charge < -0.3 is 11.1 Å². The van der Waals surface area contributed by atoms with Crippen LogP contribution in [0.2, 0.25) is 5.02 Å². The van der Waals surface area contributed by atoms with E-state index in [4.69, 9.17) is 17.3 Å². The minimum absolute atomic E-state index is 0.135. The minimum atomic E-state index is -0.137. The van der Waals surface area contributed by atoms with Gasteiger partial charge in [-0.2, -0.15) is 0 Å². The van der Waals surface area contributed by atoms with Gasteiger partial charge in [-0.3, -0.25) is 4.79 Å². The van der Waals surface area contributed by atoms with E-state index in [1.165, 1.54) is 19.3 Å². The van der Waals surface area contributed by atoms with Crippen LogP contribution >= 0.6 is 11.6 Å². The van der Waals surface area contributed by atoms with Crippen LogP contribution < -0.4 is 11.1 Å². The third-order valence-corrected chi connectivity index (χ3v) is 6.33. The molecule has 2 aliphatic carbocycles. The Morgan fingerprint density at radius 2 is 1.96 bits per heavy atom. The van der Waals surface area contributed by atoms with Crippen molar-refractivity contribution in [2.24, 2.45) is 23.5 Å². The number of hydrogen-bond acceptors (Lipinski definition) is 2. The molecule has 0 radical (unpaired) electrons. The van der Waals surface area contributed by atoms with Gasteiger partial charge in [0.25, 0.3) is 0 Å². The lowest BCUT2D eigenvalue weighted by Gasteiger charge is -2.43. The first kappa shape index (κ1) is 17.8. The Hall–Kier alpha value is -1.06. The number of rotatable bonds is 4. The molecule has 3 N–H and O–H groups in total. The molecule has 2 aliphatic rings. The van der Waals surface area contributed by atoms with E-state index in [-0.39, 0.29) is 17.2 Å². The van der Waals surface area contributed by atoms with E-state index >= 15 is 0 Å². The number of carbonyl (C=O) groups excluding carboxylic acids is 1. The second-order valence-corrected chi connectivity index (χ2v) is 8.75. The molecular weight excluding hydrogens is 320 g/mol. The number of nitrogens with two attached hydrogens (primary N) is 1. The molecule has 1 aromatic carbocycles. The van der Waals surface area contributed by atoms with Crippen molar-refractivity contribution in [2.75, 3.05) is 6.54 Å². The largest absolute Gasteiger partial charge is 0.355 e. The standard InChI is InChI=1S/C20H29ClN2O/c1-20(2,16-7-4-8-17(21)11-16)12-23-19(24)15-9-13-5-3-6-14(10-15)18(13)22/h4,7-8,11,13-15,18H,3,5-6,9-10,12,22H2,1-2H3,(H,23,24). The van der Waals surface area contributed by atoms with Crippen molar-refractivity contribution in [3.05, 3.63) is 34.9 Å². The average molecular weight is 349 g/mol. The molecule has 0 spiro atoms. The van der Waals surface area contributed by atoms with E-state index < -0.39 is 0 Å². The van der Waals surface area contributed by atoms with Crippen molar-refractivity contribution < 1.29 is 4.79 Å². The molecule has 2 atom stereocenters. The molecule has 2 saturated carbocycles. The number of hydrogen-bond donors (Lipinski definition) is 2. The van der Waals surface area contributed by atoms with E-state index in [9.17, 15) is 4.79 Å². The van der Waals surface area contributed by atoms with Gasteiger partial charge in [-0.1, -0.05) is 44.0 Å². The highest BCUT2D eigenvalue weighted by atomic mass is 35.5. The van der Waals surface area contributed by atoms with Gasteiger partial charge in [-0.05, 0) is 55.2 Å². The Morgan fingerprint density at radius 1 is 1.29 bits per heavy atom. The summed E-state index contributed by atoms with van der Waals surface area (Å²) in [6.07, 6.45) is 5.58. The number of benzene rings is 1. The quantitative estimate of drug-likeness (QED) is 0.867. The molecule has 3 nitrogen and oxygen atoms in total. The van der Waals surface area contributed by atoms with Crippen molar-refractivity contribution in [3.63, 3.8) is 0 Å². The highest BCUT2D eigenvalue weighted by molar-refractivity contribution is 6.30. The van der Waals surface area contributed by atoms with Crippen molar-refractivity contribution in [1.82, 2.24) is 5.32 Å². The van der Waals surface area contributed by atoms with E-state index in [1.807, 2.05) is 18.2 Å². The van der Waals surface area contributed by atoms with Crippen molar-refractivity contribution >= 4 is 17.5 Å². The van der Waals surface area contributed by atoms with E-state index in [0.717, 1.165) is 23.4 Å². The Bertz CT molecular complexity index is 587. The van der Waals surface area contributed by atoms with Crippen LogP contribution in [0.4, 0.5) is 0 Å². The SMILES string of the molecule is CC(C)(CNC(=O)C1CC2CCCC(C1)C2N)c1cccc(Cl)c1. The summed E-state index contributed by atoms with van der Waals surface area (Å²) < 4.78 is 0. The van der Waals surface area contributed by atoms with Gasteiger partial charge in [-0.15, -0.1) is 0 Å². The Kier molecular flexibility index (Phi) is 5.22. The maximum Gasteiger partial charge on any atom is 0.223 e. The fourth-order valence-corrected chi connectivity index (χ4v) is 4.66. The smallest absolute Gasteiger partial charge is 0.223 e. The van der Waals surface area contributed by atoms with Crippen molar-refractivity contribution in [2.45, 2.75) is 57.4 Å². The highest BCUT2D eigenvalue weighted by Crippen LogP contribution is 2.42. The van der Waals surface area contributed by atoms with Gasteiger partial charge in [0.1, 0.15) is 0 Å². The first-order chi connectivity index (χ1) is 11.4. The van der Waals surface area contributed by atoms with Crippen LogP contribution in [0.15, 0.2) is 24.3 Å². The van der Waals surface area contributed by atoms with Crippen molar-refractivity contribution in [1.29, 1.82) is 0 Å². The zero-order chi connectivity index (χ0) is 17.3. The molecule has 0 aromatic heterocycles. The molecule has 4 heteroatoms. The Balaban J connectivity index is 1.59. The fraction of sp³-hybridized carbons (Fsp3) is 0.650. The third kappa shape index (κ3) is 3.78. The summed E-state index contributed by atoms with van der Waals surface area (Å²) in [5.41, 5.74) is 7.35. The molecule has 0 saturated heterocycles. The van der Waals surface area contributed by atoms with Crippen LogP contribution in [0.25, 0.3) is 0 Å². The number of carbonyl (C=O) groups is 1. The first-order valence-electron chi connectivity index (χ1n) is 9.16. The predicted molar refractivity (Wildman–Crippen MR) is 99.0 cm³/mol. The van der Waals surface area contributed by atoms with E-state index in [2.05, 4.69) is 25.2 Å². The van der Waals surface area contributed by atoms with Crippen LogP contribution in [-0.4, -0.2) is 18.5 Å². The summed E-state index contributed by atoms with van der Waals surface area (Å²) >= 11 is 6.10. The van der Waals surface area contributed by atoms with E-state index in [0.29, 0.717) is 24.4 Å². The molecule has 1 aromatic rings. The average Bonchev–Trinajstić information content (AvgIpc) is 2.52. The van der Waals surface area contributed by atoms with Gasteiger partial charge in [0, 0.05) is 28.9 Å². The van der Waals surface area contributed by atoms with Gasteiger partial charge >= 0.3 is 0 Å². The molecule has 0 heterocycles. The second-order valence-electron chi connectivity index (χ2n) is 8.31. The molecule has 3 rings (SSSR count). The molecule has 24 heavy (non-hydrogen) atoms.